The van der Waals surface area contributed by atoms with Crippen molar-refractivity contribution < 1.29 is 9.84 Å². The number of phenols is 1. The molecule has 3 aromatic rings. The molecule has 1 heterocycles. The SMILES string of the molecule is COc1cccc(CNCCc2c[nH]c3ccccc23)c1O. The van der Waals surface area contributed by atoms with Gasteiger partial charge in [0.1, 0.15) is 0 Å². The van der Waals surface area contributed by atoms with Gasteiger partial charge in [0.05, 0.1) is 7.11 Å². The number of methoxy groups -OCH3 is 1. The summed E-state index contributed by atoms with van der Waals surface area (Å²) in [5.74, 6) is 0.723. The van der Waals surface area contributed by atoms with Crippen LogP contribution in [0.3, 0.4) is 0 Å². The molecule has 4 heteroatoms. The maximum absolute atomic E-state index is 10.0. The smallest absolute Gasteiger partial charge is 0.162 e. The molecule has 0 saturated carbocycles. The van der Waals surface area contributed by atoms with E-state index in [1.807, 2.05) is 18.2 Å². The van der Waals surface area contributed by atoms with E-state index in [4.69, 9.17) is 4.74 Å². The minimum Gasteiger partial charge on any atom is -0.504 e. The summed E-state index contributed by atoms with van der Waals surface area (Å²) >= 11 is 0. The van der Waals surface area contributed by atoms with Crippen molar-refractivity contribution in [2.24, 2.45) is 0 Å². The number of para-hydroxylation sites is 2. The fraction of sp³-hybridized carbons (Fsp3) is 0.222. The lowest BCUT2D eigenvalue weighted by Gasteiger charge is -2.09. The molecule has 22 heavy (non-hydrogen) atoms. The molecule has 1 aromatic heterocycles. The molecule has 114 valence electrons. The number of hydrogen-bond acceptors (Lipinski definition) is 3. The average Bonchev–Trinajstić information content (AvgIpc) is 2.96. The van der Waals surface area contributed by atoms with Gasteiger partial charge in [0.25, 0.3) is 0 Å². The Morgan fingerprint density at radius 3 is 2.82 bits per heavy atom. The number of hydrogen-bond donors (Lipinski definition) is 3. The first-order chi connectivity index (χ1) is 10.8. The molecule has 0 atom stereocenters. The van der Waals surface area contributed by atoms with Crippen LogP contribution in [-0.2, 0) is 13.0 Å². The van der Waals surface area contributed by atoms with Gasteiger partial charge >= 0.3 is 0 Å². The summed E-state index contributed by atoms with van der Waals surface area (Å²) in [5.41, 5.74) is 3.32. The second kappa shape index (κ2) is 6.54. The molecule has 3 N–H and O–H groups in total. The highest BCUT2D eigenvalue weighted by Crippen LogP contribution is 2.29. The number of ether oxygens (including phenoxy) is 1. The molecule has 4 nitrogen and oxygen atoms in total. The Kier molecular flexibility index (Phi) is 4.30. The van der Waals surface area contributed by atoms with Crippen LogP contribution in [0.25, 0.3) is 10.9 Å². The summed E-state index contributed by atoms with van der Waals surface area (Å²) in [6.07, 6.45) is 3.00. The molecule has 0 bridgehead atoms. The van der Waals surface area contributed by atoms with E-state index in [2.05, 4.69) is 34.7 Å². The quantitative estimate of drug-likeness (QED) is 0.612. The first-order valence-corrected chi connectivity index (χ1v) is 7.40. The summed E-state index contributed by atoms with van der Waals surface area (Å²) in [6, 6.07) is 13.8. The van der Waals surface area contributed by atoms with Crippen molar-refractivity contribution in [1.29, 1.82) is 0 Å². The lowest BCUT2D eigenvalue weighted by atomic mass is 10.1. The van der Waals surface area contributed by atoms with Gasteiger partial charge in [-0.3, -0.25) is 0 Å². The molecule has 0 unspecified atom stereocenters. The molecule has 0 amide bonds. The maximum Gasteiger partial charge on any atom is 0.162 e. The minimum absolute atomic E-state index is 0.213. The van der Waals surface area contributed by atoms with E-state index in [9.17, 15) is 5.11 Å². The van der Waals surface area contributed by atoms with Gasteiger partial charge in [-0.15, -0.1) is 0 Å². The van der Waals surface area contributed by atoms with Gasteiger partial charge < -0.3 is 20.1 Å². The Hall–Kier alpha value is -2.46. The van der Waals surface area contributed by atoms with E-state index in [-0.39, 0.29) is 5.75 Å². The van der Waals surface area contributed by atoms with Gasteiger partial charge in [-0.1, -0.05) is 30.3 Å². The number of rotatable bonds is 6. The predicted octanol–water partition coefficient (Wildman–Crippen LogP) is 3.21. The van der Waals surface area contributed by atoms with E-state index < -0.39 is 0 Å². The molecule has 0 radical (unpaired) electrons. The first kappa shape index (κ1) is 14.5. The van der Waals surface area contributed by atoms with Gasteiger partial charge in [0.15, 0.2) is 11.5 Å². The lowest BCUT2D eigenvalue weighted by Crippen LogP contribution is -2.16. The Bertz CT molecular complexity index is 765. The standard InChI is InChI=1S/C18H20N2O2/c1-22-17-8-4-5-14(18(17)21)11-19-10-9-13-12-20-16-7-3-2-6-15(13)16/h2-8,12,19-21H,9-11H2,1H3. The molecule has 0 fully saturated rings. The van der Waals surface area contributed by atoms with Crippen LogP contribution in [0.4, 0.5) is 0 Å². The third-order valence-corrected chi connectivity index (χ3v) is 3.86. The van der Waals surface area contributed by atoms with Crippen LogP contribution in [-0.4, -0.2) is 23.7 Å². The van der Waals surface area contributed by atoms with Crippen molar-refractivity contribution in [1.82, 2.24) is 10.3 Å². The van der Waals surface area contributed by atoms with E-state index >= 15 is 0 Å². The number of aromatic hydroxyl groups is 1. The monoisotopic (exact) mass is 296 g/mol. The summed E-state index contributed by atoms with van der Waals surface area (Å²) in [7, 11) is 1.56. The third-order valence-electron chi connectivity index (χ3n) is 3.86. The van der Waals surface area contributed by atoms with E-state index in [0.29, 0.717) is 12.3 Å². The molecule has 0 saturated heterocycles. The average molecular weight is 296 g/mol. The van der Waals surface area contributed by atoms with Crippen molar-refractivity contribution in [2.45, 2.75) is 13.0 Å². The summed E-state index contributed by atoms with van der Waals surface area (Å²) in [4.78, 5) is 3.29. The topological polar surface area (TPSA) is 57.3 Å². The zero-order chi connectivity index (χ0) is 15.4. The lowest BCUT2D eigenvalue weighted by molar-refractivity contribution is 0.369. The van der Waals surface area contributed by atoms with Crippen LogP contribution in [0.1, 0.15) is 11.1 Å². The van der Waals surface area contributed by atoms with Gasteiger partial charge in [-0.05, 0) is 30.7 Å². The molecule has 0 spiro atoms. The Morgan fingerprint density at radius 2 is 1.95 bits per heavy atom. The second-order valence-corrected chi connectivity index (χ2v) is 5.25. The minimum atomic E-state index is 0.213. The molecule has 0 aliphatic heterocycles. The molecular weight excluding hydrogens is 276 g/mol. The zero-order valence-corrected chi connectivity index (χ0v) is 12.6. The Morgan fingerprint density at radius 1 is 1.09 bits per heavy atom. The summed E-state index contributed by atoms with van der Waals surface area (Å²) < 4.78 is 5.12. The van der Waals surface area contributed by atoms with Crippen molar-refractivity contribution in [3.8, 4) is 11.5 Å². The van der Waals surface area contributed by atoms with Crippen LogP contribution in [0, 0.1) is 0 Å². The molecule has 2 aromatic carbocycles. The van der Waals surface area contributed by atoms with E-state index in [1.165, 1.54) is 16.5 Å². The first-order valence-electron chi connectivity index (χ1n) is 7.40. The van der Waals surface area contributed by atoms with Crippen LogP contribution in [0.2, 0.25) is 0 Å². The van der Waals surface area contributed by atoms with Gasteiger partial charge in [0, 0.05) is 29.2 Å². The van der Waals surface area contributed by atoms with E-state index in [1.54, 1.807) is 13.2 Å². The molecular formula is C18H20N2O2. The highest BCUT2D eigenvalue weighted by atomic mass is 16.5. The van der Waals surface area contributed by atoms with Crippen LogP contribution in [0.15, 0.2) is 48.7 Å². The molecule has 0 aliphatic carbocycles. The van der Waals surface area contributed by atoms with Crippen LogP contribution >= 0.6 is 0 Å². The van der Waals surface area contributed by atoms with Crippen LogP contribution < -0.4 is 10.1 Å². The van der Waals surface area contributed by atoms with Gasteiger partial charge in [0.2, 0.25) is 0 Å². The van der Waals surface area contributed by atoms with Gasteiger partial charge in [-0.2, -0.15) is 0 Å². The number of phenolic OH excluding ortho intramolecular Hbond substituents is 1. The summed E-state index contributed by atoms with van der Waals surface area (Å²) in [6.45, 7) is 1.46. The summed E-state index contributed by atoms with van der Waals surface area (Å²) in [5, 5.41) is 14.7. The molecule has 3 rings (SSSR count). The number of aromatic nitrogens is 1. The Balaban J connectivity index is 1.58. The molecule has 0 aliphatic rings. The number of aromatic amines is 1. The fourth-order valence-corrected chi connectivity index (χ4v) is 2.66. The van der Waals surface area contributed by atoms with Crippen molar-refractivity contribution in [3.05, 3.63) is 59.8 Å². The second-order valence-electron chi connectivity index (χ2n) is 5.25. The fourth-order valence-electron chi connectivity index (χ4n) is 2.66. The predicted molar refractivity (Wildman–Crippen MR) is 88.4 cm³/mol. The van der Waals surface area contributed by atoms with Gasteiger partial charge in [-0.25, -0.2) is 0 Å². The Labute approximate surface area is 129 Å². The normalized spacial score (nSPS) is 11.0. The number of H-pyrrole nitrogens is 1. The number of fused-ring (bicyclic) bond motifs is 1. The maximum atomic E-state index is 10.0. The number of nitrogens with one attached hydrogen (secondary N) is 2. The third kappa shape index (κ3) is 2.92. The largest absolute Gasteiger partial charge is 0.504 e. The zero-order valence-electron chi connectivity index (χ0n) is 12.6. The van der Waals surface area contributed by atoms with Crippen molar-refractivity contribution in [3.63, 3.8) is 0 Å². The van der Waals surface area contributed by atoms with Crippen LogP contribution in [0.5, 0.6) is 11.5 Å². The van der Waals surface area contributed by atoms with Crippen molar-refractivity contribution >= 4 is 10.9 Å². The van der Waals surface area contributed by atoms with E-state index in [0.717, 1.165) is 18.5 Å². The highest BCUT2D eigenvalue weighted by molar-refractivity contribution is 5.83. The number of benzene rings is 2. The van der Waals surface area contributed by atoms with Crippen molar-refractivity contribution in [2.75, 3.05) is 13.7 Å². The highest BCUT2D eigenvalue weighted by Gasteiger charge is 2.07.